The van der Waals surface area contributed by atoms with E-state index in [1.54, 1.807) is 18.2 Å². The molecule has 1 aliphatic heterocycles. The summed E-state index contributed by atoms with van der Waals surface area (Å²) in [5.41, 5.74) is 0.605. The molecule has 0 bridgehead atoms. The second-order valence-corrected chi connectivity index (χ2v) is 9.42. The lowest BCUT2D eigenvalue weighted by Crippen LogP contribution is -2.46. The number of anilines is 1. The number of rotatable bonds is 6. The second-order valence-electron chi connectivity index (χ2n) is 9.42. The number of fused-ring (bicyclic) bond motifs is 1. The Kier molecular flexibility index (Phi) is 7.34. The standard InChI is InChI=1S/C26H32N2O6/c1-16(29)33-15-21-22(34-17(2)30)13-18-14-28(20-11-7-4-8-12-20)26(32)23(18)24(21)25(31)27-19-9-5-3-6-10-19/h3,5-6,9-10,13,18,20-21,23-24H,4,7-8,11-12,14-15H2,1-2H3,(H,27,31)/t18-,21-,23+,24-/m1/s1. The van der Waals surface area contributed by atoms with Crippen molar-refractivity contribution in [1.29, 1.82) is 0 Å². The Bertz CT molecular complexity index is 969. The summed E-state index contributed by atoms with van der Waals surface area (Å²) >= 11 is 0. The Labute approximate surface area is 199 Å². The van der Waals surface area contributed by atoms with Gasteiger partial charge in [0.25, 0.3) is 0 Å². The highest BCUT2D eigenvalue weighted by molar-refractivity contribution is 5.97. The molecule has 1 saturated carbocycles. The van der Waals surface area contributed by atoms with Crippen LogP contribution in [0.5, 0.6) is 0 Å². The van der Waals surface area contributed by atoms with Gasteiger partial charge in [-0.2, -0.15) is 0 Å². The molecule has 0 radical (unpaired) electrons. The van der Waals surface area contributed by atoms with Crippen molar-refractivity contribution in [2.75, 3.05) is 18.5 Å². The number of benzene rings is 1. The van der Waals surface area contributed by atoms with Crippen LogP contribution >= 0.6 is 0 Å². The van der Waals surface area contributed by atoms with E-state index in [9.17, 15) is 19.2 Å². The summed E-state index contributed by atoms with van der Waals surface area (Å²) in [7, 11) is 0. The first kappa shape index (κ1) is 24.0. The lowest BCUT2D eigenvalue weighted by atomic mass is 9.70. The molecule has 0 aromatic heterocycles. The van der Waals surface area contributed by atoms with Crippen LogP contribution in [0.3, 0.4) is 0 Å². The second kappa shape index (κ2) is 10.4. The number of amides is 2. The molecule has 4 atom stereocenters. The molecule has 2 amide bonds. The lowest BCUT2D eigenvalue weighted by Gasteiger charge is -2.36. The van der Waals surface area contributed by atoms with E-state index in [0.29, 0.717) is 18.0 Å². The maximum atomic E-state index is 13.7. The lowest BCUT2D eigenvalue weighted by molar-refractivity contribution is -0.148. The van der Waals surface area contributed by atoms with E-state index in [-0.39, 0.29) is 30.4 Å². The van der Waals surface area contributed by atoms with Crippen molar-refractivity contribution in [2.45, 2.75) is 52.0 Å². The van der Waals surface area contributed by atoms with Crippen LogP contribution in [0.15, 0.2) is 42.2 Å². The van der Waals surface area contributed by atoms with E-state index >= 15 is 0 Å². The normalized spacial score (nSPS) is 26.9. The molecule has 0 spiro atoms. The van der Waals surface area contributed by atoms with Crippen LogP contribution in [-0.2, 0) is 28.7 Å². The minimum absolute atomic E-state index is 0.0453. The van der Waals surface area contributed by atoms with Crippen LogP contribution in [0.1, 0.15) is 46.0 Å². The molecule has 4 rings (SSSR count). The fourth-order valence-corrected chi connectivity index (χ4v) is 5.63. The van der Waals surface area contributed by atoms with Crippen molar-refractivity contribution < 1.29 is 28.7 Å². The number of nitrogens with one attached hydrogen (secondary N) is 1. The molecule has 8 nitrogen and oxygen atoms in total. The molecule has 2 aliphatic carbocycles. The van der Waals surface area contributed by atoms with E-state index in [2.05, 4.69) is 5.32 Å². The Morgan fingerprint density at radius 3 is 2.38 bits per heavy atom. The Morgan fingerprint density at radius 2 is 1.74 bits per heavy atom. The van der Waals surface area contributed by atoms with Gasteiger partial charge in [-0.3, -0.25) is 19.2 Å². The molecule has 8 heteroatoms. The number of esters is 2. The van der Waals surface area contributed by atoms with Gasteiger partial charge in [-0.15, -0.1) is 0 Å². The van der Waals surface area contributed by atoms with Crippen molar-refractivity contribution in [3.8, 4) is 0 Å². The average Bonchev–Trinajstić information content (AvgIpc) is 3.13. The number of likely N-dealkylation sites (tertiary alicyclic amines) is 1. The van der Waals surface area contributed by atoms with E-state index in [1.165, 1.54) is 20.3 Å². The van der Waals surface area contributed by atoms with Gasteiger partial charge in [0, 0.05) is 38.0 Å². The van der Waals surface area contributed by atoms with Crippen LogP contribution in [0, 0.1) is 23.7 Å². The Hall–Kier alpha value is -3.16. The summed E-state index contributed by atoms with van der Waals surface area (Å²) in [6, 6.07) is 9.18. The SMILES string of the molecule is CC(=O)OC[C@@H]1C(OC(C)=O)=C[C@@H]2CN(C3CCCCC3)C(=O)[C@@H]2[C@@H]1C(=O)Nc1ccccc1. The van der Waals surface area contributed by atoms with E-state index in [1.807, 2.05) is 23.1 Å². The number of hydrogen-bond donors (Lipinski definition) is 1. The number of carbonyl (C=O) groups excluding carboxylic acids is 4. The van der Waals surface area contributed by atoms with Gasteiger partial charge < -0.3 is 19.7 Å². The predicted octanol–water partition coefficient (Wildman–Crippen LogP) is 3.29. The number of para-hydroxylation sites is 1. The van der Waals surface area contributed by atoms with Crippen LogP contribution in [-0.4, -0.2) is 47.8 Å². The van der Waals surface area contributed by atoms with Gasteiger partial charge in [-0.05, 0) is 31.1 Å². The van der Waals surface area contributed by atoms with Gasteiger partial charge in [0.2, 0.25) is 11.8 Å². The molecular weight excluding hydrogens is 436 g/mol. The quantitative estimate of drug-likeness (QED) is 0.643. The highest BCUT2D eigenvalue weighted by atomic mass is 16.5. The summed E-state index contributed by atoms with van der Waals surface area (Å²) < 4.78 is 10.8. The highest BCUT2D eigenvalue weighted by Gasteiger charge is 2.55. The van der Waals surface area contributed by atoms with Crippen molar-refractivity contribution in [3.63, 3.8) is 0 Å². The third kappa shape index (κ3) is 5.16. The topological polar surface area (TPSA) is 102 Å². The highest BCUT2D eigenvalue weighted by Crippen LogP contribution is 2.46. The van der Waals surface area contributed by atoms with Crippen LogP contribution in [0.25, 0.3) is 0 Å². The Balaban J connectivity index is 1.69. The molecule has 0 unspecified atom stereocenters. The summed E-state index contributed by atoms with van der Waals surface area (Å²) in [6.45, 7) is 2.92. The van der Waals surface area contributed by atoms with E-state index < -0.39 is 29.7 Å². The third-order valence-electron chi connectivity index (χ3n) is 7.09. The zero-order valence-corrected chi connectivity index (χ0v) is 19.7. The van der Waals surface area contributed by atoms with Gasteiger partial charge in [-0.1, -0.05) is 37.5 Å². The van der Waals surface area contributed by atoms with E-state index in [0.717, 1.165) is 25.7 Å². The first-order chi connectivity index (χ1) is 16.3. The molecule has 182 valence electrons. The Morgan fingerprint density at radius 1 is 1.03 bits per heavy atom. The molecule has 1 heterocycles. The summed E-state index contributed by atoms with van der Waals surface area (Å²) in [6.07, 6.45) is 7.07. The monoisotopic (exact) mass is 468 g/mol. The van der Waals surface area contributed by atoms with Crippen molar-refractivity contribution in [1.82, 2.24) is 4.90 Å². The summed E-state index contributed by atoms with van der Waals surface area (Å²) in [4.78, 5) is 52.8. The largest absolute Gasteiger partial charge is 0.465 e. The smallest absolute Gasteiger partial charge is 0.307 e. The fraction of sp³-hybridized carbons (Fsp3) is 0.538. The van der Waals surface area contributed by atoms with Crippen LogP contribution < -0.4 is 5.32 Å². The number of ether oxygens (including phenoxy) is 2. The zero-order chi connectivity index (χ0) is 24.2. The van der Waals surface area contributed by atoms with Crippen LogP contribution in [0.2, 0.25) is 0 Å². The van der Waals surface area contributed by atoms with Gasteiger partial charge in [0.1, 0.15) is 12.4 Å². The van der Waals surface area contributed by atoms with Crippen molar-refractivity contribution in [3.05, 3.63) is 42.2 Å². The molecule has 1 N–H and O–H groups in total. The van der Waals surface area contributed by atoms with Gasteiger partial charge in [0.15, 0.2) is 0 Å². The molecular formula is C26H32N2O6. The first-order valence-electron chi connectivity index (χ1n) is 12.0. The zero-order valence-electron chi connectivity index (χ0n) is 19.7. The van der Waals surface area contributed by atoms with Gasteiger partial charge in [0.05, 0.1) is 17.8 Å². The first-order valence-corrected chi connectivity index (χ1v) is 12.0. The van der Waals surface area contributed by atoms with Crippen molar-refractivity contribution >= 4 is 29.4 Å². The van der Waals surface area contributed by atoms with Gasteiger partial charge in [-0.25, -0.2) is 0 Å². The number of nitrogens with zero attached hydrogens (tertiary/aromatic N) is 1. The van der Waals surface area contributed by atoms with Crippen LogP contribution in [0.4, 0.5) is 5.69 Å². The summed E-state index contributed by atoms with van der Waals surface area (Å²) in [5, 5.41) is 2.91. The van der Waals surface area contributed by atoms with Crippen molar-refractivity contribution in [2.24, 2.45) is 23.7 Å². The number of hydrogen-bond acceptors (Lipinski definition) is 6. The van der Waals surface area contributed by atoms with Gasteiger partial charge >= 0.3 is 11.9 Å². The molecule has 1 saturated heterocycles. The molecule has 2 fully saturated rings. The van der Waals surface area contributed by atoms with E-state index in [4.69, 9.17) is 9.47 Å². The molecule has 1 aromatic rings. The average molecular weight is 469 g/mol. The summed E-state index contributed by atoms with van der Waals surface area (Å²) in [5.74, 6) is -3.58. The molecule has 34 heavy (non-hydrogen) atoms. The fourth-order valence-electron chi connectivity index (χ4n) is 5.63. The minimum atomic E-state index is -0.843. The minimum Gasteiger partial charge on any atom is -0.465 e. The molecule has 3 aliphatic rings. The maximum Gasteiger partial charge on any atom is 0.307 e. The third-order valence-corrected chi connectivity index (χ3v) is 7.09. The molecule has 1 aromatic carbocycles. The predicted molar refractivity (Wildman–Crippen MR) is 124 cm³/mol. The number of carbonyl (C=O) groups is 4. The maximum absolute atomic E-state index is 13.7.